The number of rotatable bonds is 9. The van der Waals surface area contributed by atoms with Crippen LogP contribution in [0.25, 0.3) is 0 Å². The molecule has 11 nitrogen and oxygen atoms in total. The first-order valence-electron chi connectivity index (χ1n) is 10.3. The van der Waals surface area contributed by atoms with Gasteiger partial charge in [0.2, 0.25) is 6.41 Å². The van der Waals surface area contributed by atoms with Crippen molar-refractivity contribution in [1.29, 1.82) is 0 Å². The summed E-state index contributed by atoms with van der Waals surface area (Å²) in [5, 5.41) is 17.2. The van der Waals surface area contributed by atoms with Crippen LogP contribution in [-0.4, -0.2) is 84.8 Å². The molecule has 32 heavy (non-hydrogen) atoms. The molecule has 0 saturated carbocycles. The summed E-state index contributed by atoms with van der Waals surface area (Å²) >= 11 is 0. The van der Waals surface area contributed by atoms with Crippen molar-refractivity contribution in [2.24, 2.45) is 0 Å². The first-order valence-corrected chi connectivity index (χ1v) is 10.3. The van der Waals surface area contributed by atoms with Gasteiger partial charge >= 0.3 is 5.97 Å². The Bertz CT molecular complexity index is 861. The lowest BCUT2D eigenvalue weighted by Crippen LogP contribution is -2.47. The third kappa shape index (κ3) is 8.65. The molecule has 1 atom stereocenters. The van der Waals surface area contributed by atoms with Gasteiger partial charge < -0.3 is 10.1 Å². The van der Waals surface area contributed by atoms with Gasteiger partial charge in [0.1, 0.15) is 17.9 Å². The van der Waals surface area contributed by atoms with Crippen LogP contribution in [0.2, 0.25) is 0 Å². The van der Waals surface area contributed by atoms with Crippen molar-refractivity contribution in [2.45, 2.75) is 65.1 Å². The number of aryl methyl sites for hydroxylation is 1. The van der Waals surface area contributed by atoms with Gasteiger partial charge in [0, 0.05) is 26.1 Å². The number of anilines is 1. The average Bonchev–Trinajstić information content (AvgIpc) is 3.33. The molecule has 2 aromatic heterocycles. The van der Waals surface area contributed by atoms with Gasteiger partial charge in [-0.1, -0.05) is 17.4 Å². The number of nitrogens with one attached hydrogen (secondary N) is 1. The zero-order valence-electron chi connectivity index (χ0n) is 18.7. The second kappa shape index (κ2) is 11.6. The standard InChI is InChI=1S/C14H20FN7O3.C5H10FN/c1-14(2,3)25-13(24)11-7-21(19-17-11)5-4-10(15)6-22-8-12(16-9-23)18-20-22;1-2-7-3-5(6)4-7/h7-10H,4-6H2,1-3H3,(H,16,23);5H,2-4H2,1H3. The molecule has 0 spiro atoms. The molecule has 1 saturated heterocycles. The van der Waals surface area contributed by atoms with Crippen molar-refractivity contribution in [3.8, 4) is 0 Å². The van der Waals surface area contributed by atoms with Crippen LogP contribution >= 0.6 is 0 Å². The van der Waals surface area contributed by atoms with Gasteiger partial charge in [0.15, 0.2) is 11.5 Å². The lowest BCUT2D eigenvalue weighted by Gasteiger charge is -2.32. The van der Waals surface area contributed by atoms with Crippen LogP contribution in [-0.2, 0) is 22.6 Å². The smallest absolute Gasteiger partial charge is 0.361 e. The number of nitrogens with zero attached hydrogens (tertiary/aromatic N) is 7. The van der Waals surface area contributed by atoms with Crippen LogP contribution in [0, 0.1) is 0 Å². The van der Waals surface area contributed by atoms with E-state index in [1.165, 1.54) is 21.8 Å². The number of hydrogen-bond donors (Lipinski definition) is 1. The monoisotopic (exact) mass is 456 g/mol. The first-order chi connectivity index (χ1) is 15.1. The SMILES string of the molecule is CC(C)(C)OC(=O)c1cn(CCC(F)Cn2cc(NC=O)nn2)nn1.CCN1CC(F)C1. The third-order valence-corrected chi connectivity index (χ3v) is 4.31. The Morgan fingerprint density at radius 2 is 1.97 bits per heavy atom. The summed E-state index contributed by atoms with van der Waals surface area (Å²) in [5.41, 5.74) is -0.550. The lowest BCUT2D eigenvalue weighted by molar-refractivity contribution is -0.105. The zero-order valence-corrected chi connectivity index (χ0v) is 18.7. The molecule has 0 aromatic carbocycles. The Kier molecular flexibility index (Phi) is 9.17. The first kappa shape index (κ1) is 25.3. The highest BCUT2D eigenvalue weighted by Crippen LogP contribution is 2.11. The highest BCUT2D eigenvalue weighted by atomic mass is 19.1. The number of alkyl halides is 2. The molecule has 2 aromatic rings. The molecule has 1 aliphatic rings. The molecule has 0 radical (unpaired) electrons. The molecule has 1 N–H and O–H groups in total. The molecule has 1 unspecified atom stereocenters. The number of aromatic nitrogens is 6. The third-order valence-electron chi connectivity index (χ3n) is 4.31. The zero-order chi connectivity index (χ0) is 23.7. The number of hydrogen-bond acceptors (Lipinski definition) is 8. The van der Waals surface area contributed by atoms with E-state index >= 15 is 0 Å². The number of ether oxygens (including phenoxy) is 1. The molecular formula is C19H30F2N8O3. The fourth-order valence-corrected chi connectivity index (χ4v) is 2.68. The van der Waals surface area contributed by atoms with E-state index in [2.05, 4.69) is 30.8 Å². The Balaban J connectivity index is 0.000000439. The number of carbonyl (C=O) groups excluding carboxylic acids is 2. The molecule has 1 amide bonds. The van der Waals surface area contributed by atoms with Gasteiger partial charge in [-0.05, 0) is 27.3 Å². The van der Waals surface area contributed by atoms with E-state index in [0.717, 1.165) is 6.54 Å². The molecule has 13 heteroatoms. The van der Waals surface area contributed by atoms with Gasteiger partial charge in [0.25, 0.3) is 0 Å². The maximum Gasteiger partial charge on any atom is 0.361 e. The minimum Gasteiger partial charge on any atom is -0.455 e. The van der Waals surface area contributed by atoms with Crippen molar-refractivity contribution in [3.05, 3.63) is 18.1 Å². The maximum atomic E-state index is 14.0. The van der Waals surface area contributed by atoms with Gasteiger partial charge in [-0.15, -0.1) is 10.2 Å². The minimum absolute atomic E-state index is 0.0127. The predicted molar refractivity (Wildman–Crippen MR) is 111 cm³/mol. The van der Waals surface area contributed by atoms with E-state index in [0.29, 0.717) is 19.5 Å². The Hall–Kier alpha value is -2.96. The normalized spacial score (nSPS) is 15.3. The highest BCUT2D eigenvalue weighted by molar-refractivity contribution is 5.87. The Labute approximate surface area is 185 Å². The van der Waals surface area contributed by atoms with Crippen molar-refractivity contribution in [2.75, 3.05) is 25.0 Å². The van der Waals surface area contributed by atoms with Gasteiger partial charge in [0.05, 0.1) is 18.9 Å². The summed E-state index contributed by atoms with van der Waals surface area (Å²) in [7, 11) is 0. The Morgan fingerprint density at radius 1 is 1.28 bits per heavy atom. The van der Waals surface area contributed by atoms with Gasteiger partial charge in [-0.2, -0.15) is 0 Å². The summed E-state index contributed by atoms with van der Waals surface area (Å²) in [6.45, 7) is 9.86. The quantitative estimate of drug-likeness (QED) is 0.445. The van der Waals surface area contributed by atoms with Crippen LogP contribution in [0.5, 0.6) is 0 Å². The molecule has 3 rings (SSSR count). The van der Waals surface area contributed by atoms with E-state index in [1.807, 2.05) is 6.92 Å². The number of esters is 1. The second-order valence-electron chi connectivity index (χ2n) is 8.29. The van der Waals surface area contributed by atoms with Gasteiger partial charge in [-0.3, -0.25) is 14.4 Å². The van der Waals surface area contributed by atoms with Crippen molar-refractivity contribution in [1.82, 2.24) is 34.9 Å². The van der Waals surface area contributed by atoms with Crippen LogP contribution in [0.4, 0.5) is 14.6 Å². The molecule has 1 aliphatic heterocycles. The molecule has 3 heterocycles. The van der Waals surface area contributed by atoms with E-state index in [4.69, 9.17) is 4.74 Å². The van der Waals surface area contributed by atoms with Crippen LogP contribution in [0.1, 0.15) is 44.6 Å². The molecular weight excluding hydrogens is 426 g/mol. The predicted octanol–water partition coefficient (Wildman–Crippen LogP) is 1.48. The molecule has 1 fully saturated rings. The van der Waals surface area contributed by atoms with Crippen LogP contribution in [0.3, 0.4) is 0 Å². The summed E-state index contributed by atoms with van der Waals surface area (Å²) in [4.78, 5) is 24.2. The van der Waals surface area contributed by atoms with Gasteiger partial charge in [-0.25, -0.2) is 18.3 Å². The van der Waals surface area contributed by atoms with E-state index < -0.39 is 23.9 Å². The molecule has 0 aliphatic carbocycles. The highest BCUT2D eigenvalue weighted by Gasteiger charge is 2.23. The van der Waals surface area contributed by atoms with E-state index in [9.17, 15) is 18.4 Å². The second-order valence-corrected chi connectivity index (χ2v) is 8.29. The fraction of sp³-hybridized carbons (Fsp3) is 0.684. The molecule has 178 valence electrons. The fourth-order valence-electron chi connectivity index (χ4n) is 2.68. The maximum absolute atomic E-state index is 14.0. The van der Waals surface area contributed by atoms with Crippen LogP contribution in [0.15, 0.2) is 12.4 Å². The number of likely N-dealkylation sites (tertiary alicyclic amines) is 1. The number of halogens is 2. The van der Waals surface area contributed by atoms with Crippen molar-refractivity contribution in [3.63, 3.8) is 0 Å². The van der Waals surface area contributed by atoms with E-state index in [1.54, 1.807) is 20.8 Å². The lowest BCUT2D eigenvalue weighted by atomic mass is 10.2. The molecule has 0 bridgehead atoms. The summed E-state index contributed by atoms with van der Waals surface area (Å²) in [6.07, 6.45) is 1.72. The van der Waals surface area contributed by atoms with E-state index in [-0.39, 0.29) is 31.0 Å². The topological polar surface area (TPSA) is 120 Å². The van der Waals surface area contributed by atoms with Crippen molar-refractivity contribution >= 4 is 18.2 Å². The Morgan fingerprint density at radius 3 is 2.53 bits per heavy atom. The average molecular weight is 456 g/mol. The summed E-state index contributed by atoms with van der Waals surface area (Å²) in [6, 6.07) is 0. The largest absolute Gasteiger partial charge is 0.455 e. The summed E-state index contributed by atoms with van der Waals surface area (Å²) in [5.74, 6) is -0.325. The number of carbonyl (C=O) groups is 2. The van der Waals surface area contributed by atoms with Crippen molar-refractivity contribution < 1.29 is 23.1 Å². The summed E-state index contributed by atoms with van der Waals surface area (Å²) < 4.78 is 33.8. The number of amides is 1. The van der Waals surface area contributed by atoms with Crippen LogP contribution < -0.4 is 5.32 Å². The minimum atomic E-state index is -1.21.